The minimum Gasteiger partial charge on any atom is -0.756 e. The molecular formula is C66H123N2O7P. The number of allylic oxidation sites excluding steroid dienone is 9. The third kappa shape index (κ3) is 56.4. The Morgan fingerprint density at radius 1 is 0.461 bits per heavy atom. The third-order valence-corrected chi connectivity index (χ3v) is 15.1. The normalized spacial score (nSPS) is 14.0. The molecule has 76 heavy (non-hydrogen) atoms. The van der Waals surface area contributed by atoms with E-state index in [4.69, 9.17) is 13.8 Å². The summed E-state index contributed by atoms with van der Waals surface area (Å²) in [6.07, 6.45) is 70.4. The van der Waals surface area contributed by atoms with Gasteiger partial charge in [-0.2, -0.15) is 0 Å². The lowest BCUT2D eigenvalue weighted by Gasteiger charge is -2.30. The molecule has 0 rings (SSSR count). The molecule has 0 heterocycles. The number of carbonyl (C=O) groups is 2. The fourth-order valence-corrected chi connectivity index (χ4v) is 9.89. The minimum absolute atomic E-state index is 0.0268. The van der Waals surface area contributed by atoms with Gasteiger partial charge in [-0.3, -0.25) is 14.2 Å². The van der Waals surface area contributed by atoms with Gasteiger partial charge in [0.25, 0.3) is 7.82 Å². The van der Waals surface area contributed by atoms with Crippen LogP contribution in [0.25, 0.3) is 0 Å². The van der Waals surface area contributed by atoms with Crippen molar-refractivity contribution in [2.75, 3.05) is 40.9 Å². The predicted molar refractivity (Wildman–Crippen MR) is 325 cm³/mol. The summed E-state index contributed by atoms with van der Waals surface area (Å²) in [6.45, 7) is 6.82. The molecule has 0 fully saturated rings. The average molecular weight is 1090 g/mol. The highest BCUT2D eigenvalue weighted by Gasteiger charge is 2.27. The number of likely N-dealkylation sites (N-methyl/N-ethyl adjacent to an activating group) is 1. The largest absolute Gasteiger partial charge is 0.756 e. The topological polar surface area (TPSA) is 114 Å². The fourth-order valence-electron chi connectivity index (χ4n) is 9.17. The number of amides is 1. The maximum Gasteiger partial charge on any atom is 0.306 e. The zero-order chi connectivity index (χ0) is 55.7. The van der Waals surface area contributed by atoms with Gasteiger partial charge in [0.15, 0.2) is 0 Å². The van der Waals surface area contributed by atoms with Gasteiger partial charge < -0.3 is 28.5 Å². The van der Waals surface area contributed by atoms with Crippen molar-refractivity contribution >= 4 is 19.7 Å². The molecule has 0 saturated carbocycles. The number of phosphoric ester groups is 1. The van der Waals surface area contributed by atoms with Crippen LogP contribution < -0.4 is 10.2 Å². The van der Waals surface area contributed by atoms with Crippen LogP contribution >= 0.6 is 7.82 Å². The second-order valence-electron chi connectivity index (χ2n) is 22.9. The zero-order valence-electron chi connectivity index (χ0n) is 50.7. The number of esters is 1. The second kappa shape index (κ2) is 56.0. The van der Waals surface area contributed by atoms with Gasteiger partial charge in [0.2, 0.25) is 5.91 Å². The van der Waals surface area contributed by atoms with Gasteiger partial charge in [-0.1, -0.05) is 249 Å². The molecule has 0 bridgehead atoms. The van der Waals surface area contributed by atoms with E-state index in [1.807, 2.05) is 33.3 Å². The molecule has 444 valence electrons. The molecule has 9 nitrogen and oxygen atoms in total. The number of ether oxygens (including phenoxy) is 1. The molecule has 0 aromatic carbocycles. The maximum absolute atomic E-state index is 13.5. The fraction of sp³-hybridized carbons (Fsp3) is 0.818. The van der Waals surface area contributed by atoms with Gasteiger partial charge in [-0.15, -0.1) is 0 Å². The van der Waals surface area contributed by atoms with Crippen LogP contribution in [-0.2, 0) is 27.9 Å². The first-order valence-corrected chi connectivity index (χ1v) is 33.6. The Labute approximate surface area is 471 Å². The molecule has 0 aliphatic carbocycles. The molecular weight excluding hydrogens is 964 g/mol. The van der Waals surface area contributed by atoms with E-state index >= 15 is 0 Å². The average Bonchev–Trinajstić information content (AvgIpc) is 3.38. The molecule has 0 aliphatic rings. The number of carbonyl (C=O) groups excluding carboxylic acids is 2. The van der Waals surface area contributed by atoms with Crippen molar-refractivity contribution in [3.63, 3.8) is 0 Å². The van der Waals surface area contributed by atoms with Crippen molar-refractivity contribution in [2.24, 2.45) is 0 Å². The predicted octanol–water partition coefficient (Wildman–Crippen LogP) is 19.2. The molecule has 0 spiro atoms. The van der Waals surface area contributed by atoms with E-state index in [0.29, 0.717) is 23.9 Å². The molecule has 1 N–H and O–H groups in total. The molecule has 0 aromatic rings. The number of phosphoric acid groups is 1. The van der Waals surface area contributed by atoms with Gasteiger partial charge in [0, 0.05) is 12.8 Å². The Hall–Kier alpha value is -2.29. The summed E-state index contributed by atoms with van der Waals surface area (Å²) >= 11 is 0. The standard InChI is InChI=1S/C66H123N2O7P/c1-7-10-13-16-19-22-25-28-30-32-33-34-35-37-38-40-43-46-49-52-55-58-65(69)67-63(62-74-76(71,72)73-61-60-68(4,5)6)64(57-54-51-48-45-42-27-24-21-18-15-12-9-3)75-66(70)59-56-53-50-47-44-41-39-36-31-29-26-23-20-17-14-11-8-2/h20,23,28-31,39,41,54,57,63-64H,7-19,21-22,24-27,32-38,40,42-53,55-56,58-62H2,1-6H3,(H-,67,69,71,72)/b23-20-,30-28+,31-29-,41-39-,57-54-. The van der Waals surface area contributed by atoms with Crippen molar-refractivity contribution in [1.82, 2.24) is 5.32 Å². The molecule has 1 amide bonds. The third-order valence-electron chi connectivity index (χ3n) is 14.2. The van der Waals surface area contributed by atoms with Crippen LogP contribution in [0, 0.1) is 0 Å². The number of nitrogens with one attached hydrogen (secondary N) is 1. The Morgan fingerprint density at radius 3 is 1.24 bits per heavy atom. The number of unbranched alkanes of at least 4 members (excludes halogenated alkanes) is 34. The summed E-state index contributed by atoms with van der Waals surface area (Å²) in [5.41, 5.74) is 0. The second-order valence-corrected chi connectivity index (χ2v) is 24.3. The molecule has 0 aliphatic heterocycles. The van der Waals surface area contributed by atoms with Crippen LogP contribution in [0.15, 0.2) is 60.8 Å². The number of nitrogens with zero attached hydrogens (tertiary/aromatic N) is 1. The Bertz CT molecular complexity index is 1490. The van der Waals surface area contributed by atoms with Gasteiger partial charge in [-0.05, 0) is 96.0 Å². The van der Waals surface area contributed by atoms with Crippen LogP contribution in [-0.4, -0.2) is 69.4 Å². The smallest absolute Gasteiger partial charge is 0.306 e. The van der Waals surface area contributed by atoms with Crippen LogP contribution in [0.3, 0.4) is 0 Å². The number of rotatable bonds is 58. The molecule has 0 aromatic heterocycles. The highest BCUT2D eigenvalue weighted by molar-refractivity contribution is 7.45. The van der Waals surface area contributed by atoms with E-state index in [2.05, 4.69) is 74.7 Å². The highest BCUT2D eigenvalue weighted by Crippen LogP contribution is 2.38. The first-order chi connectivity index (χ1) is 36.9. The van der Waals surface area contributed by atoms with Crippen LogP contribution in [0.5, 0.6) is 0 Å². The number of quaternary nitrogens is 1. The van der Waals surface area contributed by atoms with E-state index in [-0.39, 0.29) is 24.9 Å². The van der Waals surface area contributed by atoms with Crippen LogP contribution in [0.2, 0.25) is 0 Å². The van der Waals surface area contributed by atoms with E-state index in [1.54, 1.807) is 0 Å². The van der Waals surface area contributed by atoms with Gasteiger partial charge in [0.05, 0.1) is 33.8 Å². The van der Waals surface area contributed by atoms with Crippen molar-refractivity contribution in [1.29, 1.82) is 0 Å². The maximum atomic E-state index is 13.5. The minimum atomic E-state index is -4.70. The van der Waals surface area contributed by atoms with E-state index < -0.39 is 26.6 Å². The van der Waals surface area contributed by atoms with E-state index in [0.717, 1.165) is 77.0 Å². The number of hydrogen-bond donors (Lipinski definition) is 1. The van der Waals surface area contributed by atoms with Gasteiger partial charge in [-0.25, -0.2) is 0 Å². The summed E-state index contributed by atoms with van der Waals surface area (Å²) in [7, 11) is 1.17. The summed E-state index contributed by atoms with van der Waals surface area (Å²) in [5, 5.41) is 3.03. The lowest BCUT2D eigenvalue weighted by Crippen LogP contribution is -2.47. The summed E-state index contributed by atoms with van der Waals surface area (Å²) in [4.78, 5) is 40.0. The molecule has 3 atom stereocenters. The molecule has 0 radical (unpaired) electrons. The first-order valence-electron chi connectivity index (χ1n) is 32.1. The van der Waals surface area contributed by atoms with E-state index in [1.165, 1.54) is 180 Å². The lowest BCUT2D eigenvalue weighted by molar-refractivity contribution is -0.870. The monoisotopic (exact) mass is 1090 g/mol. The summed E-state index contributed by atoms with van der Waals surface area (Å²) < 4.78 is 30.3. The van der Waals surface area contributed by atoms with Gasteiger partial charge >= 0.3 is 5.97 Å². The summed E-state index contributed by atoms with van der Waals surface area (Å²) in [5.74, 6) is -0.560. The zero-order valence-corrected chi connectivity index (χ0v) is 51.6. The van der Waals surface area contributed by atoms with Crippen molar-refractivity contribution < 1.29 is 37.3 Å². The Balaban J connectivity index is 5.23. The first kappa shape index (κ1) is 73.7. The van der Waals surface area contributed by atoms with E-state index in [9.17, 15) is 19.0 Å². The van der Waals surface area contributed by atoms with Crippen LogP contribution in [0.4, 0.5) is 0 Å². The Kier molecular flexibility index (Phi) is 54.3. The van der Waals surface area contributed by atoms with Crippen molar-refractivity contribution in [3.05, 3.63) is 60.8 Å². The molecule has 3 unspecified atom stereocenters. The highest BCUT2D eigenvalue weighted by atomic mass is 31.2. The SMILES string of the molecule is CCCCC/C=C\C/C=C\C/C=C\CCCCCCC(=O)OC(/C=C\CCCCCCCCCCCC)C(COP(=O)([O-])OCC[N+](C)(C)C)NC(=O)CCCCCCCCCCCCC/C=C/CCCCCCCC. The number of hydrogen-bond acceptors (Lipinski definition) is 7. The Morgan fingerprint density at radius 2 is 0.803 bits per heavy atom. The quantitative estimate of drug-likeness (QED) is 0.0212. The lowest BCUT2D eigenvalue weighted by atomic mass is 10.0. The van der Waals surface area contributed by atoms with Crippen molar-refractivity contribution in [2.45, 2.75) is 309 Å². The summed E-state index contributed by atoms with van der Waals surface area (Å²) in [6, 6.07) is -0.898. The van der Waals surface area contributed by atoms with Crippen molar-refractivity contribution in [3.8, 4) is 0 Å². The van der Waals surface area contributed by atoms with Crippen LogP contribution in [0.1, 0.15) is 297 Å². The molecule has 0 saturated heterocycles. The van der Waals surface area contributed by atoms with Gasteiger partial charge in [0.1, 0.15) is 19.3 Å². The molecule has 10 heteroatoms.